The lowest BCUT2D eigenvalue weighted by Gasteiger charge is -2.39. The topological polar surface area (TPSA) is 196 Å². The maximum atomic E-state index is 12.1. The lowest BCUT2D eigenvalue weighted by molar-refractivity contribution is -0.281. The predicted molar refractivity (Wildman–Crippen MR) is 85.5 cm³/mol. The fourth-order valence-corrected chi connectivity index (χ4v) is 3.17. The van der Waals surface area contributed by atoms with Gasteiger partial charge in [-0.15, -0.1) is 0 Å². The molecule has 0 amide bonds. The number of aromatic hydroxyl groups is 1. The summed E-state index contributed by atoms with van der Waals surface area (Å²) in [5, 5.41) is 47.9. The molecule has 1 aromatic heterocycles. The Morgan fingerprint density at radius 3 is 2.56 bits per heavy atom. The van der Waals surface area contributed by atoms with Gasteiger partial charge in [-0.05, 0) is 6.92 Å². The van der Waals surface area contributed by atoms with E-state index in [1.165, 1.54) is 6.92 Å². The van der Waals surface area contributed by atoms with E-state index in [0.717, 1.165) is 6.20 Å². The Morgan fingerprint density at radius 2 is 1.96 bits per heavy atom. The molecule has 27 heavy (non-hydrogen) atoms. The van der Waals surface area contributed by atoms with Crippen molar-refractivity contribution >= 4 is 14.1 Å². The quantitative estimate of drug-likeness (QED) is 0.222. The number of pyridine rings is 1. The zero-order chi connectivity index (χ0) is 20.4. The number of rotatable bonds is 7. The normalized spacial score (nSPS) is 30.7. The monoisotopic (exact) mass is 409 g/mol. The molecule has 6 atom stereocenters. The predicted octanol–water partition coefficient (Wildman–Crippen LogP) is -1.66. The molecule has 0 radical (unpaired) electrons. The summed E-state index contributed by atoms with van der Waals surface area (Å²) in [6, 6.07) is 0. The molecule has 152 valence electrons. The first-order valence-electron chi connectivity index (χ1n) is 7.70. The number of nitrogens with zero attached hydrogens (tertiary/aromatic N) is 1. The van der Waals surface area contributed by atoms with Crippen molar-refractivity contribution in [1.82, 2.24) is 4.98 Å². The molecule has 1 unspecified atom stereocenters. The van der Waals surface area contributed by atoms with Crippen LogP contribution in [0.15, 0.2) is 6.20 Å². The zero-order valence-corrected chi connectivity index (χ0v) is 15.0. The molecule has 1 aliphatic heterocycles. The third-order valence-electron chi connectivity index (χ3n) is 3.94. The van der Waals surface area contributed by atoms with Crippen LogP contribution >= 0.6 is 7.82 Å². The average Bonchev–Trinajstić information content (AvgIpc) is 2.63. The summed E-state index contributed by atoms with van der Waals surface area (Å²) in [7, 11) is -4.89. The number of carbonyl (C=O) groups excluding carboxylic acids is 1. The standard InChI is InChI=1S/C14H20NO11P/c1-6-10(18)8(3-16)7(2-15-6)5-24-27(22,23)26-14-13(21)12(20)11(19)9(4-17)25-14/h2-3,9,11-14,17-21H,4-5H2,1H3,(H,22,23)/t9-,11-,12+,13+,14+/m1/s1. The third kappa shape index (κ3) is 4.88. The van der Waals surface area contributed by atoms with Crippen molar-refractivity contribution in [2.24, 2.45) is 0 Å². The number of aldehydes is 1. The summed E-state index contributed by atoms with van der Waals surface area (Å²) in [6.45, 7) is 0.0463. The van der Waals surface area contributed by atoms with Gasteiger partial charge in [-0.2, -0.15) is 0 Å². The average molecular weight is 409 g/mol. The van der Waals surface area contributed by atoms with Crippen molar-refractivity contribution in [3.8, 4) is 5.75 Å². The van der Waals surface area contributed by atoms with Crippen LogP contribution in [-0.2, 0) is 25.0 Å². The van der Waals surface area contributed by atoms with Gasteiger partial charge in [0.2, 0.25) is 0 Å². The van der Waals surface area contributed by atoms with Gasteiger partial charge < -0.3 is 35.2 Å². The van der Waals surface area contributed by atoms with Gasteiger partial charge in [0.15, 0.2) is 12.6 Å². The number of aromatic nitrogens is 1. The van der Waals surface area contributed by atoms with Crippen LogP contribution in [0.4, 0.5) is 0 Å². The van der Waals surface area contributed by atoms with E-state index in [0.29, 0.717) is 6.29 Å². The largest absolute Gasteiger partial charge is 0.505 e. The summed E-state index contributed by atoms with van der Waals surface area (Å²) in [5.41, 5.74) is -0.0132. The first-order chi connectivity index (χ1) is 12.6. The van der Waals surface area contributed by atoms with Gasteiger partial charge in [0.25, 0.3) is 0 Å². The highest BCUT2D eigenvalue weighted by Crippen LogP contribution is 2.47. The molecule has 0 bridgehead atoms. The van der Waals surface area contributed by atoms with Gasteiger partial charge in [-0.25, -0.2) is 4.57 Å². The summed E-state index contributed by atoms with van der Waals surface area (Å²) >= 11 is 0. The number of aliphatic hydroxyl groups is 4. The Morgan fingerprint density at radius 1 is 1.30 bits per heavy atom. The molecule has 2 heterocycles. The molecule has 12 nitrogen and oxygen atoms in total. The number of aliphatic hydroxyl groups excluding tert-OH is 4. The van der Waals surface area contributed by atoms with E-state index in [9.17, 15) is 34.7 Å². The van der Waals surface area contributed by atoms with Crippen molar-refractivity contribution in [1.29, 1.82) is 0 Å². The van der Waals surface area contributed by atoms with Crippen LogP contribution < -0.4 is 0 Å². The van der Waals surface area contributed by atoms with Crippen LogP contribution in [0.2, 0.25) is 0 Å². The van der Waals surface area contributed by atoms with Crippen LogP contribution in [0.5, 0.6) is 5.75 Å². The SMILES string of the molecule is Cc1ncc(COP(=O)(O)O[C@@H]2O[C@H](CO)[C@@H](O)[C@H](O)[C@@H]2O)c(C=O)c1O. The van der Waals surface area contributed by atoms with E-state index in [-0.39, 0.29) is 16.8 Å². The van der Waals surface area contributed by atoms with Crippen molar-refractivity contribution in [2.75, 3.05) is 6.61 Å². The van der Waals surface area contributed by atoms with Gasteiger partial charge in [-0.3, -0.25) is 18.8 Å². The van der Waals surface area contributed by atoms with Gasteiger partial charge in [-0.1, -0.05) is 0 Å². The van der Waals surface area contributed by atoms with Crippen molar-refractivity contribution in [3.63, 3.8) is 0 Å². The summed E-state index contributed by atoms with van der Waals surface area (Å²) in [6.07, 6.45) is -7.11. The number of carbonyl (C=O) groups is 1. The van der Waals surface area contributed by atoms with Crippen LogP contribution in [0, 0.1) is 6.92 Å². The molecule has 6 N–H and O–H groups in total. The highest BCUT2D eigenvalue weighted by atomic mass is 31.2. The second-order valence-electron chi connectivity index (χ2n) is 5.79. The van der Waals surface area contributed by atoms with E-state index in [1.54, 1.807) is 0 Å². The molecule has 0 saturated carbocycles. The fourth-order valence-electron chi connectivity index (χ4n) is 2.37. The smallest absolute Gasteiger partial charge is 0.474 e. The number of ether oxygens (including phenoxy) is 1. The van der Waals surface area contributed by atoms with Gasteiger partial charge in [0.05, 0.1) is 24.5 Å². The Balaban J connectivity index is 2.08. The van der Waals surface area contributed by atoms with E-state index in [4.69, 9.17) is 14.4 Å². The van der Waals surface area contributed by atoms with Gasteiger partial charge in [0, 0.05) is 11.8 Å². The van der Waals surface area contributed by atoms with Gasteiger partial charge >= 0.3 is 7.82 Å². The number of hydrogen-bond donors (Lipinski definition) is 6. The lowest BCUT2D eigenvalue weighted by atomic mass is 10.00. The zero-order valence-electron chi connectivity index (χ0n) is 14.1. The number of phosphoric ester groups is 1. The minimum absolute atomic E-state index is 0.000206. The van der Waals surface area contributed by atoms with Crippen molar-refractivity contribution in [2.45, 2.75) is 44.2 Å². The van der Waals surface area contributed by atoms with Crippen LogP contribution in [0.1, 0.15) is 21.6 Å². The molecular weight excluding hydrogens is 389 g/mol. The van der Waals surface area contributed by atoms with Gasteiger partial charge in [0.1, 0.15) is 30.2 Å². The van der Waals surface area contributed by atoms with E-state index < -0.39 is 57.5 Å². The minimum atomic E-state index is -4.89. The molecule has 1 aromatic rings. The number of aryl methyl sites for hydroxylation is 1. The molecule has 1 saturated heterocycles. The molecule has 2 rings (SSSR count). The molecule has 0 aromatic carbocycles. The summed E-state index contributed by atoms with van der Waals surface area (Å²) in [5.74, 6) is -0.409. The highest BCUT2D eigenvalue weighted by molar-refractivity contribution is 7.47. The first kappa shape index (κ1) is 21.8. The van der Waals surface area contributed by atoms with E-state index in [1.807, 2.05) is 0 Å². The number of hydrogen-bond acceptors (Lipinski definition) is 11. The highest BCUT2D eigenvalue weighted by Gasteiger charge is 2.46. The van der Waals surface area contributed by atoms with E-state index >= 15 is 0 Å². The molecule has 0 aliphatic carbocycles. The molecule has 1 fully saturated rings. The summed E-state index contributed by atoms with van der Waals surface area (Å²) in [4.78, 5) is 24.7. The van der Waals surface area contributed by atoms with Crippen LogP contribution in [0.3, 0.4) is 0 Å². The maximum absolute atomic E-state index is 12.1. The number of phosphoric acid groups is 1. The summed E-state index contributed by atoms with van der Waals surface area (Å²) < 4.78 is 26.4. The maximum Gasteiger partial charge on any atom is 0.474 e. The fraction of sp³-hybridized carbons (Fsp3) is 0.571. The molecular formula is C14H20NO11P. The molecule has 1 aliphatic rings. The Kier molecular flexibility index (Phi) is 7.03. The Labute approximate surface area is 153 Å². The van der Waals surface area contributed by atoms with Crippen molar-refractivity contribution < 1.29 is 53.6 Å². The minimum Gasteiger partial charge on any atom is -0.505 e. The van der Waals surface area contributed by atoms with Crippen LogP contribution in [-0.4, -0.2) is 79.0 Å². The Hall–Kier alpha value is -1.47. The second kappa shape index (κ2) is 8.69. The van der Waals surface area contributed by atoms with Crippen LogP contribution in [0.25, 0.3) is 0 Å². The molecule has 13 heteroatoms. The third-order valence-corrected chi connectivity index (χ3v) is 4.87. The van der Waals surface area contributed by atoms with E-state index in [2.05, 4.69) is 9.51 Å². The second-order valence-corrected chi connectivity index (χ2v) is 7.20. The Bertz CT molecular complexity index is 727. The first-order valence-corrected chi connectivity index (χ1v) is 9.19. The lowest BCUT2D eigenvalue weighted by Crippen LogP contribution is -2.58. The van der Waals surface area contributed by atoms with Crippen molar-refractivity contribution in [3.05, 3.63) is 23.0 Å². The molecule has 0 spiro atoms.